The Morgan fingerprint density at radius 3 is 2.80 bits per heavy atom. The Balaban J connectivity index is 1.96. The normalized spacial score (nSPS) is 19.1. The Morgan fingerprint density at radius 2 is 2.16 bits per heavy atom. The first-order valence-corrected chi connectivity index (χ1v) is 10.5. The van der Waals surface area contributed by atoms with Gasteiger partial charge in [0.1, 0.15) is 4.83 Å². The molecule has 0 aromatic carbocycles. The van der Waals surface area contributed by atoms with E-state index in [9.17, 15) is 13.2 Å². The van der Waals surface area contributed by atoms with E-state index in [2.05, 4.69) is 4.98 Å². The number of nitrogens with two attached hydrogens (primary N) is 1. The summed E-state index contributed by atoms with van der Waals surface area (Å²) in [5.74, 6) is -0.533. The van der Waals surface area contributed by atoms with Crippen LogP contribution < -0.4 is 5.73 Å². The van der Waals surface area contributed by atoms with Crippen LogP contribution in [0.15, 0.2) is 18.3 Å². The van der Waals surface area contributed by atoms with E-state index in [4.69, 9.17) is 5.73 Å². The van der Waals surface area contributed by atoms with E-state index < -0.39 is 16.1 Å². The zero-order valence-electron chi connectivity index (χ0n) is 14.3. The van der Waals surface area contributed by atoms with Crippen molar-refractivity contribution in [1.29, 1.82) is 0 Å². The third kappa shape index (κ3) is 3.17. The number of hydrogen-bond donors (Lipinski definition) is 1. The number of nitrogens with zero attached hydrogens (tertiary/aromatic N) is 3. The molecule has 0 radical (unpaired) electrons. The summed E-state index contributed by atoms with van der Waals surface area (Å²) in [5.41, 5.74) is 6.41. The van der Waals surface area contributed by atoms with Gasteiger partial charge in [-0.2, -0.15) is 17.0 Å². The summed E-state index contributed by atoms with van der Waals surface area (Å²) >= 11 is 1.28. The highest BCUT2D eigenvalue weighted by Gasteiger charge is 2.37. The van der Waals surface area contributed by atoms with Gasteiger partial charge in [-0.3, -0.25) is 4.79 Å². The number of pyridine rings is 1. The molecule has 2 aromatic heterocycles. The smallest absolute Gasteiger partial charge is 0.281 e. The van der Waals surface area contributed by atoms with Gasteiger partial charge < -0.3 is 5.73 Å². The number of carbonyl (C=O) groups excluding carboxylic acids is 1. The van der Waals surface area contributed by atoms with E-state index in [1.165, 1.54) is 19.9 Å². The number of amides is 1. The van der Waals surface area contributed by atoms with Crippen molar-refractivity contribution >= 4 is 37.7 Å². The maximum atomic E-state index is 12.7. The summed E-state index contributed by atoms with van der Waals surface area (Å²) in [6.07, 6.45) is 2.35. The number of thiophene rings is 1. The Kier molecular flexibility index (Phi) is 5.10. The molecule has 1 amide bonds. The molecule has 9 heteroatoms. The zero-order valence-corrected chi connectivity index (χ0v) is 15.9. The highest BCUT2D eigenvalue weighted by molar-refractivity contribution is 7.86. The van der Waals surface area contributed by atoms with Crippen LogP contribution in [0, 0.1) is 0 Å². The second-order valence-electron chi connectivity index (χ2n) is 6.00. The highest BCUT2D eigenvalue weighted by Crippen LogP contribution is 2.39. The molecule has 0 bridgehead atoms. The molecule has 1 saturated heterocycles. The van der Waals surface area contributed by atoms with Gasteiger partial charge in [-0.05, 0) is 18.1 Å². The van der Waals surface area contributed by atoms with Crippen molar-refractivity contribution in [3.63, 3.8) is 0 Å². The van der Waals surface area contributed by atoms with Crippen molar-refractivity contribution in [2.45, 2.75) is 26.2 Å². The summed E-state index contributed by atoms with van der Waals surface area (Å²) in [6.45, 7) is 5.35. The zero-order chi connectivity index (χ0) is 18.2. The van der Waals surface area contributed by atoms with Crippen molar-refractivity contribution < 1.29 is 13.2 Å². The molecule has 2 N–H and O–H groups in total. The lowest BCUT2D eigenvalue weighted by Gasteiger charge is -2.25. The van der Waals surface area contributed by atoms with Gasteiger partial charge in [0.05, 0.1) is 4.88 Å². The van der Waals surface area contributed by atoms with Crippen LogP contribution in [0.5, 0.6) is 0 Å². The molecule has 25 heavy (non-hydrogen) atoms. The van der Waals surface area contributed by atoms with Gasteiger partial charge in [-0.15, -0.1) is 11.3 Å². The molecule has 136 valence electrons. The van der Waals surface area contributed by atoms with E-state index in [1.807, 2.05) is 26.0 Å². The summed E-state index contributed by atoms with van der Waals surface area (Å²) in [6, 6.07) is 3.74. The summed E-state index contributed by atoms with van der Waals surface area (Å²) in [5, 5.41) is 0.897. The molecule has 1 aliphatic heterocycles. The molecule has 7 nitrogen and oxygen atoms in total. The Bertz CT molecular complexity index is 890. The largest absolute Gasteiger partial charge is 0.365 e. The van der Waals surface area contributed by atoms with Gasteiger partial charge in [0.2, 0.25) is 0 Å². The lowest BCUT2D eigenvalue weighted by Crippen LogP contribution is -2.42. The van der Waals surface area contributed by atoms with Gasteiger partial charge >= 0.3 is 0 Å². The minimum Gasteiger partial charge on any atom is -0.365 e. The van der Waals surface area contributed by atoms with Crippen LogP contribution in [-0.2, 0) is 10.2 Å². The van der Waals surface area contributed by atoms with Gasteiger partial charge in [0, 0.05) is 43.7 Å². The molecular formula is C16H22N4O3S2. The second kappa shape index (κ2) is 6.99. The summed E-state index contributed by atoms with van der Waals surface area (Å²) in [7, 11) is -3.47. The molecule has 1 aliphatic rings. The lowest BCUT2D eigenvalue weighted by atomic mass is 9.96. The number of fused-ring (bicyclic) bond motifs is 1. The van der Waals surface area contributed by atoms with Gasteiger partial charge in [-0.25, -0.2) is 4.98 Å². The third-order valence-electron chi connectivity index (χ3n) is 4.65. The first kappa shape index (κ1) is 18.2. The quantitative estimate of drug-likeness (QED) is 0.823. The first-order chi connectivity index (χ1) is 11.9. The molecule has 0 aliphatic carbocycles. The van der Waals surface area contributed by atoms with Gasteiger partial charge in [-0.1, -0.05) is 19.9 Å². The predicted octanol–water partition coefficient (Wildman–Crippen LogP) is 1.77. The molecule has 0 spiro atoms. The number of carbonyl (C=O) groups is 1. The average molecular weight is 383 g/mol. The fourth-order valence-corrected chi connectivity index (χ4v) is 6.19. The Labute approximate surface area is 151 Å². The molecule has 0 saturated carbocycles. The molecular weight excluding hydrogens is 360 g/mol. The van der Waals surface area contributed by atoms with E-state index >= 15 is 0 Å². The Hall–Kier alpha value is -1.55. The van der Waals surface area contributed by atoms with Gasteiger partial charge in [0.25, 0.3) is 16.1 Å². The predicted molar refractivity (Wildman–Crippen MR) is 98.9 cm³/mol. The van der Waals surface area contributed by atoms with Crippen LogP contribution in [0.4, 0.5) is 0 Å². The third-order valence-corrected chi connectivity index (χ3v) is 7.94. The van der Waals surface area contributed by atoms with E-state index in [0.717, 1.165) is 15.8 Å². The van der Waals surface area contributed by atoms with Crippen LogP contribution in [0.1, 0.15) is 41.4 Å². The second-order valence-corrected chi connectivity index (χ2v) is 8.93. The molecule has 1 fully saturated rings. The van der Waals surface area contributed by atoms with Crippen LogP contribution >= 0.6 is 11.3 Å². The van der Waals surface area contributed by atoms with Gasteiger partial charge in [0.15, 0.2) is 0 Å². The average Bonchev–Trinajstić information content (AvgIpc) is 3.20. The molecule has 3 heterocycles. The topological polar surface area (TPSA) is 96.6 Å². The SMILES string of the molecule is CCN(CC)S(=O)(=O)N1CC[C@@H](c2c(C(N)=O)sc3ncccc23)C1. The molecule has 1 atom stereocenters. The van der Waals surface area contributed by atoms with Crippen LogP contribution in [0.2, 0.25) is 0 Å². The van der Waals surface area contributed by atoms with Crippen LogP contribution in [-0.4, -0.2) is 54.1 Å². The lowest BCUT2D eigenvalue weighted by molar-refractivity contribution is 0.100. The van der Waals surface area contributed by atoms with E-state index in [0.29, 0.717) is 37.5 Å². The fraction of sp³-hybridized carbons (Fsp3) is 0.500. The van der Waals surface area contributed by atoms with E-state index in [-0.39, 0.29) is 5.92 Å². The van der Waals surface area contributed by atoms with Crippen LogP contribution in [0.3, 0.4) is 0 Å². The van der Waals surface area contributed by atoms with Crippen molar-refractivity contribution in [2.75, 3.05) is 26.2 Å². The molecule has 3 rings (SSSR count). The monoisotopic (exact) mass is 382 g/mol. The minimum atomic E-state index is -3.47. The highest BCUT2D eigenvalue weighted by atomic mass is 32.2. The van der Waals surface area contributed by atoms with E-state index in [1.54, 1.807) is 6.20 Å². The van der Waals surface area contributed by atoms with Crippen molar-refractivity contribution in [2.24, 2.45) is 5.73 Å². The van der Waals surface area contributed by atoms with Crippen molar-refractivity contribution in [3.8, 4) is 0 Å². The summed E-state index contributed by atoms with van der Waals surface area (Å²) in [4.78, 5) is 17.4. The van der Waals surface area contributed by atoms with Crippen molar-refractivity contribution in [1.82, 2.24) is 13.6 Å². The van der Waals surface area contributed by atoms with Crippen molar-refractivity contribution in [3.05, 3.63) is 28.8 Å². The minimum absolute atomic E-state index is 0.0502. The number of rotatable bonds is 6. The molecule has 0 unspecified atom stereocenters. The number of hydrogen-bond acceptors (Lipinski definition) is 5. The maximum absolute atomic E-state index is 12.7. The fourth-order valence-electron chi connectivity index (χ4n) is 3.43. The number of primary amides is 1. The Morgan fingerprint density at radius 1 is 1.44 bits per heavy atom. The van der Waals surface area contributed by atoms with Crippen LogP contribution in [0.25, 0.3) is 10.2 Å². The maximum Gasteiger partial charge on any atom is 0.281 e. The molecule has 2 aromatic rings. The first-order valence-electron chi connectivity index (χ1n) is 8.32. The summed E-state index contributed by atoms with van der Waals surface area (Å²) < 4.78 is 28.5. The standard InChI is InChI=1S/C16H22N4O3S2/c1-3-19(4-2)25(22,23)20-9-7-11(10-20)13-12-6-5-8-18-16(12)24-14(13)15(17)21/h5-6,8,11H,3-4,7,9-10H2,1-2H3,(H2,17,21)/t11-/m1/s1. The number of aromatic nitrogens is 1.